The SMILES string of the molecule is NC(=O)[C@@H]1CCC[N+]1(C(=O)[C@@H]1Cc2ccccc2C(=O)N1)C(=O)[C@@H](N)Cc1cnc[nH]1. The summed E-state index contributed by atoms with van der Waals surface area (Å²) < 4.78 is -0.766. The number of nitrogens with two attached hydrogens (primary N) is 2. The average Bonchev–Trinajstić information content (AvgIpc) is 3.43. The maximum atomic E-state index is 13.8. The molecular weight excluding hydrogens is 400 g/mol. The summed E-state index contributed by atoms with van der Waals surface area (Å²) in [5.41, 5.74) is 13.7. The molecule has 1 unspecified atom stereocenters. The normalized spacial score (nSPS) is 26.0. The quantitative estimate of drug-likeness (QED) is 0.456. The van der Waals surface area contributed by atoms with E-state index >= 15 is 0 Å². The first kappa shape index (κ1) is 20.9. The highest BCUT2D eigenvalue weighted by Crippen LogP contribution is 2.32. The summed E-state index contributed by atoms with van der Waals surface area (Å²) in [5, 5.41) is 2.71. The van der Waals surface area contributed by atoms with Crippen LogP contribution in [-0.4, -0.2) is 62.7 Å². The summed E-state index contributed by atoms with van der Waals surface area (Å²) in [6.45, 7) is 0.121. The van der Waals surface area contributed by atoms with Crippen LogP contribution in [-0.2, 0) is 27.2 Å². The second-order valence-corrected chi connectivity index (χ2v) is 8.10. The van der Waals surface area contributed by atoms with Crippen molar-refractivity contribution in [2.75, 3.05) is 6.54 Å². The Kier molecular flexibility index (Phi) is 5.42. The summed E-state index contributed by atoms with van der Waals surface area (Å²) in [6, 6.07) is 3.99. The molecule has 4 amide bonds. The Morgan fingerprint density at radius 1 is 1.26 bits per heavy atom. The molecule has 4 rings (SSSR count). The Hall–Kier alpha value is -3.37. The maximum absolute atomic E-state index is 13.8. The maximum Gasteiger partial charge on any atom is 0.344 e. The van der Waals surface area contributed by atoms with Crippen LogP contribution in [0.25, 0.3) is 0 Å². The van der Waals surface area contributed by atoms with Crippen molar-refractivity contribution in [3.63, 3.8) is 0 Å². The van der Waals surface area contributed by atoms with Gasteiger partial charge in [0.15, 0.2) is 6.04 Å². The number of carbonyl (C=O) groups is 4. The van der Waals surface area contributed by atoms with Crippen LogP contribution < -0.4 is 16.8 Å². The number of likely N-dealkylation sites (tertiary alicyclic amines) is 1. The third-order valence-electron chi connectivity index (χ3n) is 6.24. The van der Waals surface area contributed by atoms with Gasteiger partial charge in [0.25, 0.3) is 11.8 Å². The molecule has 0 bridgehead atoms. The van der Waals surface area contributed by atoms with Crippen LogP contribution in [0.2, 0.25) is 0 Å². The van der Waals surface area contributed by atoms with Gasteiger partial charge in [0, 0.05) is 43.1 Å². The number of hydrogen-bond donors (Lipinski definition) is 4. The number of rotatable bonds is 5. The fourth-order valence-corrected chi connectivity index (χ4v) is 4.78. The fourth-order valence-electron chi connectivity index (χ4n) is 4.78. The van der Waals surface area contributed by atoms with Crippen LogP contribution in [0.3, 0.4) is 0 Å². The number of aromatic nitrogens is 2. The highest BCUT2D eigenvalue weighted by atomic mass is 16.2. The molecule has 1 aromatic heterocycles. The van der Waals surface area contributed by atoms with Crippen molar-refractivity contribution in [1.82, 2.24) is 15.3 Å². The second-order valence-electron chi connectivity index (χ2n) is 8.10. The minimum atomic E-state index is -1.05. The van der Waals surface area contributed by atoms with E-state index in [4.69, 9.17) is 11.5 Å². The lowest BCUT2D eigenvalue weighted by Crippen LogP contribution is -2.71. The molecule has 1 saturated heterocycles. The Balaban J connectivity index is 1.68. The van der Waals surface area contributed by atoms with Gasteiger partial charge in [0.2, 0.25) is 0 Å². The third kappa shape index (κ3) is 3.53. The molecule has 10 nitrogen and oxygen atoms in total. The number of hydrogen-bond acceptors (Lipinski definition) is 6. The molecule has 162 valence electrons. The molecule has 0 aliphatic carbocycles. The lowest BCUT2D eigenvalue weighted by atomic mass is 9.93. The molecule has 1 aromatic carbocycles. The van der Waals surface area contributed by atoms with Crippen LogP contribution in [0.15, 0.2) is 36.8 Å². The van der Waals surface area contributed by atoms with E-state index in [0.717, 1.165) is 0 Å². The number of primary amides is 1. The fraction of sp³-hybridized carbons (Fsp3) is 0.381. The van der Waals surface area contributed by atoms with Gasteiger partial charge >= 0.3 is 11.8 Å². The molecule has 0 radical (unpaired) electrons. The summed E-state index contributed by atoms with van der Waals surface area (Å²) in [5.74, 6) is -2.24. The first-order valence-electron chi connectivity index (χ1n) is 10.2. The molecule has 2 aliphatic heterocycles. The summed E-state index contributed by atoms with van der Waals surface area (Å²) in [4.78, 5) is 59.0. The standard InChI is InChI=1S/C21H24N6O4/c22-15(9-13-10-24-11-25-13)20(30)27(7-3-6-17(27)18(23)28)21(31)16-8-12-4-1-2-5-14(12)19(29)26-16/h1-2,4-5,10-11,15-17H,3,6-9,22H2,(H3-,23,24,25,26,28,29)/p+1/t15-,16-,17-,27?/m0/s1. The van der Waals surface area contributed by atoms with E-state index in [9.17, 15) is 19.2 Å². The van der Waals surface area contributed by atoms with Crippen LogP contribution in [0.5, 0.6) is 0 Å². The highest BCUT2D eigenvalue weighted by Gasteiger charge is 2.60. The van der Waals surface area contributed by atoms with E-state index in [1.54, 1.807) is 30.5 Å². The van der Waals surface area contributed by atoms with Gasteiger partial charge < -0.3 is 21.8 Å². The minimum absolute atomic E-state index is 0.121. The molecule has 31 heavy (non-hydrogen) atoms. The number of quaternary nitrogens is 1. The van der Waals surface area contributed by atoms with Crippen molar-refractivity contribution < 1.29 is 23.7 Å². The monoisotopic (exact) mass is 425 g/mol. The van der Waals surface area contributed by atoms with Crippen molar-refractivity contribution in [1.29, 1.82) is 0 Å². The summed E-state index contributed by atoms with van der Waals surface area (Å²) in [7, 11) is 0. The van der Waals surface area contributed by atoms with Crippen LogP contribution in [0, 0.1) is 0 Å². The number of amides is 4. The largest absolute Gasteiger partial charge is 0.364 e. The molecule has 0 spiro atoms. The number of nitrogens with zero attached hydrogens (tertiary/aromatic N) is 2. The van der Waals surface area contributed by atoms with E-state index < -0.39 is 40.3 Å². The zero-order valence-corrected chi connectivity index (χ0v) is 16.9. The number of nitrogens with one attached hydrogen (secondary N) is 2. The van der Waals surface area contributed by atoms with E-state index in [-0.39, 0.29) is 25.3 Å². The second kappa shape index (κ2) is 8.05. The first-order valence-corrected chi connectivity index (χ1v) is 10.2. The van der Waals surface area contributed by atoms with Gasteiger partial charge in [-0.1, -0.05) is 18.2 Å². The topological polar surface area (TPSA) is 161 Å². The predicted molar refractivity (Wildman–Crippen MR) is 109 cm³/mol. The van der Waals surface area contributed by atoms with Crippen molar-refractivity contribution >= 4 is 23.6 Å². The van der Waals surface area contributed by atoms with Gasteiger partial charge in [0.1, 0.15) is 12.1 Å². The van der Waals surface area contributed by atoms with Gasteiger partial charge in [-0.25, -0.2) is 14.6 Å². The summed E-state index contributed by atoms with van der Waals surface area (Å²) >= 11 is 0. The van der Waals surface area contributed by atoms with E-state index in [0.29, 0.717) is 29.7 Å². The van der Waals surface area contributed by atoms with Crippen LogP contribution in [0.4, 0.5) is 0 Å². The molecule has 6 N–H and O–H groups in total. The Bertz CT molecular complexity index is 1040. The van der Waals surface area contributed by atoms with Crippen molar-refractivity contribution in [2.24, 2.45) is 11.5 Å². The molecule has 4 atom stereocenters. The highest BCUT2D eigenvalue weighted by molar-refractivity contribution is 6.02. The van der Waals surface area contributed by atoms with Crippen LogP contribution >= 0.6 is 0 Å². The number of aromatic amines is 1. The molecular formula is C21H25N6O4+. The number of carbonyl (C=O) groups excluding carboxylic acids is 4. The number of imide groups is 1. The van der Waals surface area contributed by atoms with E-state index in [1.165, 1.54) is 6.33 Å². The summed E-state index contributed by atoms with van der Waals surface area (Å²) in [6.07, 6.45) is 4.17. The number of H-pyrrole nitrogens is 1. The predicted octanol–water partition coefficient (Wildman–Crippen LogP) is -0.848. The zero-order chi connectivity index (χ0) is 22.2. The molecule has 3 heterocycles. The van der Waals surface area contributed by atoms with Gasteiger partial charge in [-0.15, -0.1) is 0 Å². The van der Waals surface area contributed by atoms with Crippen LogP contribution in [0.1, 0.15) is 34.5 Å². The lowest BCUT2D eigenvalue weighted by Gasteiger charge is -2.38. The lowest BCUT2D eigenvalue weighted by molar-refractivity contribution is -0.783. The van der Waals surface area contributed by atoms with E-state index in [2.05, 4.69) is 15.3 Å². The van der Waals surface area contributed by atoms with Crippen molar-refractivity contribution in [2.45, 2.75) is 43.8 Å². The molecule has 10 heteroatoms. The third-order valence-corrected chi connectivity index (χ3v) is 6.24. The molecule has 1 fully saturated rings. The van der Waals surface area contributed by atoms with Gasteiger partial charge in [-0.3, -0.25) is 9.59 Å². The Morgan fingerprint density at radius 2 is 2.03 bits per heavy atom. The van der Waals surface area contributed by atoms with Gasteiger partial charge in [0.05, 0.1) is 12.9 Å². The Labute approximate surface area is 178 Å². The van der Waals surface area contributed by atoms with E-state index in [1.807, 2.05) is 0 Å². The smallest absolute Gasteiger partial charge is 0.344 e. The first-order chi connectivity index (χ1) is 14.8. The number of imidazole rings is 1. The average molecular weight is 425 g/mol. The Morgan fingerprint density at radius 3 is 2.74 bits per heavy atom. The number of benzene rings is 1. The number of fused-ring (bicyclic) bond motifs is 1. The minimum Gasteiger partial charge on any atom is -0.364 e. The van der Waals surface area contributed by atoms with Gasteiger partial charge in [-0.05, 0) is 11.6 Å². The zero-order valence-electron chi connectivity index (χ0n) is 16.9. The molecule has 0 saturated carbocycles. The van der Waals surface area contributed by atoms with Crippen molar-refractivity contribution in [3.8, 4) is 0 Å². The van der Waals surface area contributed by atoms with Crippen molar-refractivity contribution in [3.05, 3.63) is 53.6 Å². The molecule has 2 aliphatic rings. The molecule has 2 aromatic rings. The van der Waals surface area contributed by atoms with Gasteiger partial charge in [-0.2, -0.15) is 4.48 Å².